The highest BCUT2D eigenvalue weighted by atomic mass is 16.1. The summed E-state index contributed by atoms with van der Waals surface area (Å²) >= 11 is 0. The lowest BCUT2D eigenvalue weighted by Crippen LogP contribution is -2.18. The van der Waals surface area contributed by atoms with Crippen molar-refractivity contribution in [1.82, 2.24) is 0 Å². The molecule has 2 heteroatoms. The third kappa shape index (κ3) is 1.60. The van der Waals surface area contributed by atoms with Gasteiger partial charge in [0.2, 0.25) is 0 Å². The Labute approximate surface area is 95.0 Å². The first-order chi connectivity index (χ1) is 7.65. The Balaban J connectivity index is 2.57. The predicted molar refractivity (Wildman–Crippen MR) is 62.8 cm³/mol. The molecule has 0 N–H and O–H groups in total. The van der Waals surface area contributed by atoms with Gasteiger partial charge < -0.3 is 0 Å². The van der Waals surface area contributed by atoms with Crippen LogP contribution >= 0.6 is 0 Å². The summed E-state index contributed by atoms with van der Waals surface area (Å²) in [5, 5.41) is 0. The Kier molecular flexibility index (Phi) is 2.73. The summed E-state index contributed by atoms with van der Waals surface area (Å²) in [7, 11) is 0. The number of aryl methyl sites for hydroxylation is 1. The molecule has 82 valence electrons. The molecule has 0 heterocycles. The molecule has 0 aromatic heterocycles. The molecular formula is C14H14O2. The zero-order valence-corrected chi connectivity index (χ0v) is 9.54. The van der Waals surface area contributed by atoms with Crippen molar-refractivity contribution < 1.29 is 9.59 Å². The number of fused-ring (bicyclic) bond motifs is 1. The van der Waals surface area contributed by atoms with Crippen molar-refractivity contribution in [3.8, 4) is 0 Å². The third-order valence-electron chi connectivity index (χ3n) is 2.88. The summed E-state index contributed by atoms with van der Waals surface area (Å²) in [6, 6.07) is 5.42. The van der Waals surface area contributed by atoms with Gasteiger partial charge in [0, 0.05) is 16.7 Å². The molecule has 2 rings (SSSR count). The number of benzene rings is 1. The van der Waals surface area contributed by atoms with E-state index in [1.54, 1.807) is 6.07 Å². The Hall–Kier alpha value is -1.70. The third-order valence-corrected chi connectivity index (χ3v) is 2.88. The van der Waals surface area contributed by atoms with Crippen LogP contribution in [0, 0.1) is 6.92 Å². The van der Waals surface area contributed by atoms with Gasteiger partial charge in [-0.25, -0.2) is 0 Å². The van der Waals surface area contributed by atoms with Gasteiger partial charge in [0.05, 0.1) is 0 Å². The van der Waals surface area contributed by atoms with Crippen molar-refractivity contribution in [3.05, 3.63) is 46.5 Å². The number of carbonyl (C=O) groups is 2. The van der Waals surface area contributed by atoms with E-state index in [0.29, 0.717) is 23.1 Å². The minimum Gasteiger partial charge on any atom is -0.289 e. The van der Waals surface area contributed by atoms with Crippen LogP contribution in [0.2, 0.25) is 0 Å². The zero-order valence-electron chi connectivity index (χ0n) is 9.54. The minimum absolute atomic E-state index is 0.0227. The van der Waals surface area contributed by atoms with E-state index < -0.39 is 0 Å². The molecular weight excluding hydrogens is 200 g/mol. The van der Waals surface area contributed by atoms with Gasteiger partial charge in [0.15, 0.2) is 11.6 Å². The Morgan fingerprint density at radius 1 is 1.19 bits per heavy atom. The van der Waals surface area contributed by atoms with Crippen molar-refractivity contribution in [2.75, 3.05) is 0 Å². The van der Waals surface area contributed by atoms with Crippen LogP contribution in [-0.2, 0) is 0 Å². The van der Waals surface area contributed by atoms with E-state index in [1.807, 2.05) is 26.0 Å². The van der Waals surface area contributed by atoms with E-state index in [9.17, 15) is 9.59 Å². The lowest BCUT2D eigenvalue weighted by molar-refractivity contribution is 0.0980. The highest BCUT2D eigenvalue weighted by molar-refractivity contribution is 6.25. The number of hydrogen-bond donors (Lipinski definition) is 0. The molecule has 16 heavy (non-hydrogen) atoms. The van der Waals surface area contributed by atoms with E-state index in [2.05, 4.69) is 0 Å². The van der Waals surface area contributed by atoms with Crippen LogP contribution in [0.25, 0.3) is 0 Å². The topological polar surface area (TPSA) is 34.1 Å². The number of carbonyl (C=O) groups excluding carboxylic acids is 2. The van der Waals surface area contributed by atoms with Crippen molar-refractivity contribution >= 4 is 11.6 Å². The summed E-state index contributed by atoms with van der Waals surface area (Å²) in [6.07, 6.45) is 3.05. The molecule has 0 radical (unpaired) electrons. The molecule has 0 unspecified atom stereocenters. The van der Waals surface area contributed by atoms with E-state index in [0.717, 1.165) is 12.0 Å². The monoisotopic (exact) mass is 214 g/mol. The Morgan fingerprint density at radius 3 is 2.62 bits per heavy atom. The fraction of sp³-hybridized carbons (Fsp3) is 0.286. The maximum atomic E-state index is 12.2. The van der Waals surface area contributed by atoms with Crippen LogP contribution in [0.3, 0.4) is 0 Å². The number of hydrogen-bond acceptors (Lipinski definition) is 2. The molecule has 0 spiro atoms. The second kappa shape index (κ2) is 4.05. The number of ketones is 2. The van der Waals surface area contributed by atoms with Gasteiger partial charge in [-0.3, -0.25) is 9.59 Å². The van der Waals surface area contributed by atoms with Crippen LogP contribution < -0.4 is 0 Å². The Morgan fingerprint density at radius 2 is 1.94 bits per heavy atom. The highest BCUT2D eigenvalue weighted by Gasteiger charge is 2.25. The predicted octanol–water partition coefficient (Wildman–Crippen LogP) is 3.10. The average molecular weight is 214 g/mol. The van der Waals surface area contributed by atoms with Gasteiger partial charge >= 0.3 is 0 Å². The molecule has 2 nitrogen and oxygen atoms in total. The molecule has 1 aliphatic rings. The number of allylic oxidation sites excluding steroid dienone is 2. The van der Waals surface area contributed by atoms with Gasteiger partial charge in [0.1, 0.15) is 0 Å². The van der Waals surface area contributed by atoms with Crippen LogP contribution in [0.15, 0.2) is 29.8 Å². The van der Waals surface area contributed by atoms with Gasteiger partial charge in [-0.05, 0) is 25.0 Å². The Bertz CT molecular complexity index is 495. The summed E-state index contributed by atoms with van der Waals surface area (Å²) in [6.45, 7) is 3.88. The second-order valence-electron chi connectivity index (χ2n) is 4.11. The van der Waals surface area contributed by atoms with Crippen LogP contribution in [0.5, 0.6) is 0 Å². The van der Waals surface area contributed by atoms with Gasteiger partial charge in [-0.1, -0.05) is 31.5 Å². The summed E-state index contributed by atoms with van der Waals surface area (Å²) in [5.41, 5.74) is 2.68. The molecule has 0 amide bonds. The first kappa shape index (κ1) is 10.8. The van der Waals surface area contributed by atoms with Crippen LogP contribution in [0.1, 0.15) is 46.0 Å². The maximum Gasteiger partial charge on any atom is 0.190 e. The largest absolute Gasteiger partial charge is 0.289 e. The van der Waals surface area contributed by atoms with E-state index in [1.165, 1.54) is 6.08 Å². The molecule has 0 saturated heterocycles. The van der Waals surface area contributed by atoms with Crippen molar-refractivity contribution in [2.24, 2.45) is 0 Å². The molecule has 0 aliphatic heterocycles. The smallest absolute Gasteiger partial charge is 0.190 e. The fourth-order valence-corrected chi connectivity index (χ4v) is 2.09. The molecule has 0 saturated carbocycles. The molecule has 1 aliphatic carbocycles. The molecule has 0 atom stereocenters. The second-order valence-corrected chi connectivity index (χ2v) is 4.11. The van der Waals surface area contributed by atoms with Crippen molar-refractivity contribution in [1.29, 1.82) is 0 Å². The molecule has 0 bridgehead atoms. The number of Topliss-reactive ketones (excluding diaryl/α,β-unsaturated/α-hetero) is 1. The molecule has 1 aromatic rings. The quantitative estimate of drug-likeness (QED) is 0.758. The summed E-state index contributed by atoms with van der Waals surface area (Å²) in [5.74, 6) is -0.0173. The fourth-order valence-electron chi connectivity index (χ4n) is 2.09. The molecule has 0 fully saturated rings. The lowest BCUT2D eigenvalue weighted by Gasteiger charge is -2.16. The first-order valence-electron chi connectivity index (χ1n) is 5.54. The van der Waals surface area contributed by atoms with E-state index in [4.69, 9.17) is 0 Å². The van der Waals surface area contributed by atoms with Gasteiger partial charge in [0.25, 0.3) is 0 Å². The van der Waals surface area contributed by atoms with Crippen molar-refractivity contribution in [3.63, 3.8) is 0 Å². The maximum absolute atomic E-state index is 12.2. The van der Waals surface area contributed by atoms with E-state index >= 15 is 0 Å². The highest BCUT2D eigenvalue weighted by Crippen LogP contribution is 2.26. The van der Waals surface area contributed by atoms with Crippen LogP contribution in [-0.4, -0.2) is 11.6 Å². The van der Waals surface area contributed by atoms with Crippen LogP contribution in [0.4, 0.5) is 0 Å². The van der Waals surface area contributed by atoms with E-state index in [-0.39, 0.29) is 11.6 Å². The molecule has 1 aromatic carbocycles. The van der Waals surface area contributed by atoms with Gasteiger partial charge in [-0.15, -0.1) is 0 Å². The SMILES string of the molecule is CCCC1=CC(=O)c2cccc(C)c2C1=O. The van der Waals surface area contributed by atoms with Crippen molar-refractivity contribution in [2.45, 2.75) is 26.7 Å². The standard InChI is InChI=1S/C14H14O2/c1-3-5-10-8-12(15)11-7-4-6-9(2)13(11)14(10)16/h4,6-8H,3,5H2,1-2H3. The minimum atomic E-state index is -0.0400. The normalized spacial score (nSPS) is 14.8. The summed E-state index contributed by atoms with van der Waals surface area (Å²) < 4.78 is 0. The lowest BCUT2D eigenvalue weighted by atomic mass is 9.85. The first-order valence-corrected chi connectivity index (χ1v) is 5.54. The summed E-state index contributed by atoms with van der Waals surface area (Å²) in [4.78, 5) is 24.0. The zero-order chi connectivity index (χ0) is 11.7. The van der Waals surface area contributed by atoms with Gasteiger partial charge in [-0.2, -0.15) is 0 Å². The average Bonchev–Trinajstić information content (AvgIpc) is 2.25. The number of rotatable bonds is 2.